The molecule has 0 saturated heterocycles. The number of hydrogen-bond donors (Lipinski definition) is 0. The molecule has 0 atom stereocenters. The Bertz CT molecular complexity index is 558. The molecule has 0 aliphatic heterocycles. The summed E-state index contributed by atoms with van der Waals surface area (Å²) >= 11 is 11.9. The van der Waals surface area contributed by atoms with Gasteiger partial charge in [0.25, 0.3) is 0 Å². The quantitative estimate of drug-likeness (QED) is 0.788. The first-order valence-corrected chi connectivity index (χ1v) is 6.54. The van der Waals surface area contributed by atoms with E-state index in [1.165, 1.54) is 12.1 Å². The number of hydrogen-bond acceptors (Lipinski definition) is 2. The van der Waals surface area contributed by atoms with Crippen molar-refractivity contribution in [3.8, 4) is 0 Å². The van der Waals surface area contributed by atoms with Gasteiger partial charge in [-0.15, -0.1) is 0 Å². The zero-order chi connectivity index (χ0) is 13.8. The van der Waals surface area contributed by atoms with Gasteiger partial charge in [0.1, 0.15) is 11.0 Å². The number of pyridine rings is 1. The van der Waals surface area contributed by atoms with Crippen molar-refractivity contribution in [2.24, 2.45) is 0 Å². The summed E-state index contributed by atoms with van der Waals surface area (Å²) in [5, 5.41) is 1.02. The Balaban J connectivity index is 2.02. The average Bonchev–Trinajstić information content (AvgIpc) is 2.37. The van der Waals surface area contributed by atoms with Gasteiger partial charge in [-0.25, -0.2) is 9.37 Å². The van der Waals surface area contributed by atoms with Gasteiger partial charge < -0.3 is 0 Å². The predicted octanol–water partition coefficient (Wildman–Crippen LogP) is 4.16. The van der Waals surface area contributed by atoms with Crippen molar-refractivity contribution in [2.45, 2.75) is 13.1 Å². The maximum atomic E-state index is 12.8. The van der Waals surface area contributed by atoms with E-state index in [4.69, 9.17) is 23.2 Å². The maximum absolute atomic E-state index is 12.8. The second kappa shape index (κ2) is 6.33. The fourth-order valence-electron chi connectivity index (χ4n) is 1.78. The van der Waals surface area contributed by atoms with Crippen LogP contribution >= 0.6 is 23.2 Å². The highest BCUT2D eigenvalue weighted by atomic mass is 35.5. The van der Waals surface area contributed by atoms with Crippen LogP contribution in [0.15, 0.2) is 36.4 Å². The standard InChI is InChI=1S/C14H13Cl2FN2/c1-19(8-10-2-4-11(17)5-3-10)9-13-12(15)6-7-14(16)18-13/h2-7H,8-9H2,1H3. The second-order valence-electron chi connectivity index (χ2n) is 4.36. The van der Waals surface area contributed by atoms with Gasteiger partial charge in [0.15, 0.2) is 0 Å². The van der Waals surface area contributed by atoms with Gasteiger partial charge in [-0.3, -0.25) is 4.90 Å². The number of halogens is 3. The summed E-state index contributed by atoms with van der Waals surface area (Å²) in [6.07, 6.45) is 0. The molecule has 1 aromatic carbocycles. The summed E-state index contributed by atoms with van der Waals surface area (Å²) in [5.41, 5.74) is 1.76. The van der Waals surface area contributed by atoms with Crippen LogP contribution in [0.5, 0.6) is 0 Å². The van der Waals surface area contributed by atoms with Gasteiger partial charge in [-0.05, 0) is 36.9 Å². The number of rotatable bonds is 4. The summed E-state index contributed by atoms with van der Waals surface area (Å²) in [4.78, 5) is 6.24. The molecule has 1 aromatic heterocycles. The summed E-state index contributed by atoms with van der Waals surface area (Å²) in [6, 6.07) is 9.82. The average molecular weight is 299 g/mol. The van der Waals surface area contributed by atoms with Gasteiger partial charge in [0.05, 0.1) is 10.7 Å². The SMILES string of the molecule is CN(Cc1ccc(F)cc1)Cc1nc(Cl)ccc1Cl. The third-order valence-electron chi connectivity index (χ3n) is 2.67. The van der Waals surface area contributed by atoms with Gasteiger partial charge in [0.2, 0.25) is 0 Å². The van der Waals surface area contributed by atoms with E-state index in [1.54, 1.807) is 24.3 Å². The molecule has 2 rings (SSSR count). The smallest absolute Gasteiger partial charge is 0.129 e. The van der Waals surface area contributed by atoms with Crippen LogP contribution in [0.4, 0.5) is 4.39 Å². The van der Waals surface area contributed by atoms with Crippen molar-refractivity contribution in [1.82, 2.24) is 9.88 Å². The van der Waals surface area contributed by atoms with Crippen molar-refractivity contribution in [3.63, 3.8) is 0 Å². The normalized spacial score (nSPS) is 11.0. The lowest BCUT2D eigenvalue weighted by atomic mass is 10.2. The first-order chi connectivity index (χ1) is 9.04. The van der Waals surface area contributed by atoms with Crippen LogP contribution in [0.1, 0.15) is 11.3 Å². The van der Waals surface area contributed by atoms with Crippen LogP contribution in [-0.2, 0) is 13.1 Å². The lowest BCUT2D eigenvalue weighted by Gasteiger charge is -2.17. The van der Waals surface area contributed by atoms with Gasteiger partial charge in [-0.2, -0.15) is 0 Å². The molecular weight excluding hydrogens is 286 g/mol. The monoisotopic (exact) mass is 298 g/mol. The molecular formula is C14H13Cl2FN2. The summed E-state index contributed by atoms with van der Waals surface area (Å²) in [5.74, 6) is -0.231. The molecule has 0 fully saturated rings. The Kier molecular flexibility index (Phi) is 4.75. The molecule has 0 bridgehead atoms. The van der Waals surface area contributed by atoms with Gasteiger partial charge >= 0.3 is 0 Å². The Morgan fingerprint density at radius 1 is 1.05 bits per heavy atom. The van der Waals surface area contributed by atoms with Crippen molar-refractivity contribution < 1.29 is 4.39 Å². The number of benzene rings is 1. The molecule has 0 aliphatic rings. The summed E-state index contributed by atoms with van der Waals surface area (Å²) in [7, 11) is 1.95. The third-order valence-corrected chi connectivity index (χ3v) is 3.22. The van der Waals surface area contributed by atoms with E-state index in [2.05, 4.69) is 4.98 Å². The van der Waals surface area contributed by atoms with Crippen LogP contribution in [-0.4, -0.2) is 16.9 Å². The summed E-state index contributed by atoms with van der Waals surface area (Å²) < 4.78 is 12.8. The van der Waals surface area contributed by atoms with Crippen LogP contribution in [0.3, 0.4) is 0 Å². The van der Waals surface area contributed by atoms with E-state index in [-0.39, 0.29) is 5.82 Å². The molecule has 0 N–H and O–H groups in total. The van der Waals surface area contributed by atoms with E-state index in [0.717, 1.165) is 11.3 Å². The molecule has 0 radical (unpaired) electrons. The van der Waals surface area contributed by atoms with Gasteiger partial charge in [-0.1, -0.05) is 35.3 Å². The number of nitrogens with zero attached hydrogens (tertiary/aromatic N) is 2. The Morgan fingerprint density at radius 3 is 2.42 bits per heavy atom. The molecule has 0 aliphatic carbocycles. The van der Waals surface area contributed by atoms with Crippen LogP contribution in [0.2, 0.25) is 10.2 Å². The largest absolute Gasteiger partial charge is 0.296 e. The molecule has 19 heavy (non-hydrogen) atoms. The molecule has 0 unspecified atom stereocenters. The molecule has 5 heteroatoms. The lowest BCUT2D eigenvalue weighted by Crippen LogP contribution is -2.18. The van der Waals surface area contributed by atoms with E-state index in [0.29, 0.717) is 23.3 Å². The minimum absolute atomic E-state index is 0.231. The Hall–Kier alpha value is -1.16. The fraction of sp³-hybridized carbons (Fsp3) is 0.214. The third kappa shape index (κ3) is 4.16. The second-order valence-corrected chi connectivity index (χ2v) is 5.16. The van der Waals surface area contributed by atoms with Crippen molar-refractivity contribution in [3.05, 3.63) is 63.6 Å². The summed E-state index contributed by atoms with van der Waals surface area (Å²) in [6.45, 7) is 1.27. The van der Waals surface area contributed by atoms with Crippen LogP contribution in [0.25, 0.3) is 0 Å². The van der Waals surface area contributed by atoms with Crippen molar-refractivity contribution >= 4 is 23.2 Å². The molecule has 1 heterocycles. The zero-order valence-electron chi connectivity index (χ0n) is 10.4. The minimum Gasteiger partial charge on any atom is -0.296 e. The van der Waals surface area contributed by atoms with E-state index in [9.17, 15) is 4.39 Å². The first-order valence-electron chi connectivity index (χ1n) is 5.78. The number of aromatic nitrogens is 1. The van der Waals surface area contributed by atoms with Crippen molar-refractivity contribution in [1.29, 1.82) is 0 Å². The first kappa shape index (κ1) is 14.3. The maximum Gasteiger partial charge on any atom is 0.129 e. The molecule has 0 saturated carbocycles. The van der Waals surface area contributed by atoms with E-state index in [1.807, 2.05) is 11.9 Å². The molecule has 2 nitrogen and oxygen atoms in total. The van der Waals surface area contributed by atoms with Crippen LogP contribution in [0, 0.1) is 5.82 Å². The Labute approximate surface area is 121 Å². The topological polar surface area (TPSA) is 16.1 Å². The highest BCUT2D eigenvalue weighted by molar-refractivity contribution is 6.32. The minimum atomic E-state index is -0.231. The van der Waals surface area contributed by atoms with Gasteiger partial charge in [0, 0.05) is 13.1 Å². The fourth-order valence-corrected chi connectivity index (χ4v) is 2.11. The van der Waals surface area contributed by atoms with Crippen molar-refractivity contribution in [2.75, 3.05) is 7.05 Å². The molecule has 0 amide bonds. The van der Waals surface area contributed by atoms with E-state index >= 15 is 0 Å². The van der Waals surface area contributed by atoms with E-state index < -0.39 is 0 Å². The zero-order valence-corrected chi connectivity index (χ0v) is 11.9. The highest BCUT2D eigenvalue weighted by Crippen LogP contribution is 2.18. The molecule has 100 valence electrons. The molecule has 2 aromatic rings. The predicted molar refractivity (Wildman–Crippen MR) is 75.8 cm³/mol. The Morgan fingerprint density at radius 2 is 1.74 bits per heavy atom. The van der Waals surface area contributed by atoms with Crippen LogP contribution < -0.4 is 0 Å². The lowest BCUT2D eigenvalue weighted by molar-refractivity contribution is 0.315. The molecule has 0 spiro atoms. The highest BCUT2D eigenvalue weighted by Gasteiger charge is 2.07.